The fourth-order valence-corrected chi connectivity index (χ4v) is 3.96. The number of rotatable bonds is 5. The van der Waals surface area contributed by atoms with Gasteiger partial charge in [0, 0.05) is 47.6 Å². The van der Waals surface area contributed by atoms with Crippen molar-refractivity contribution in [2.24, 2.45) is 22.7 Å². The van der Waals surface area contributed by atoms with Gasteiger partial charge in [0.05, 0.1) is 0 Å². The summed E-state index contributed by atoms with van der Waals surface area (Å²) in [5, 5.41) is 1.68. The minimum absolute atomic E-state index is 0.0258. The number of unbranched alkanes of at least 4 members (excludes halogenated alkanes) is 1. The number of nitrogens with zero attached hydrogens (tertiary/aromatic N) is 3. The van der Waals surface area contributed by atoms with Crippen LogP contribution in [0.25, 0.3) is 0 Å². The van der Waals surface area contributed by atoms with Crippen LogP contribution in [-0.4, -0.2) is 40.6 Å². The molecule has 2 aliphatic rings. The zero-order valence-corrected chi connectivity index (χ0v) is 18.4. The number of amidine groups is 1. The highest BCUT2D eigenvalue weighted by molar-refractivity contribution is 6.30. The number of carbonyl (C=O) groups is 2. The van der Waals surface area contributed by atoms with Gasteiger partial charge in [-0.1, -0.05) is 44.4 Å². The lowest BCUT2D eigenvalue weighted by atomic mass is 9.84. The molecule has 1 aromatic carbocycles. The predicted molar refractivity (Wildman–Crippen MR) is 120 cm³/mol. The quantitative estimate of drug-likeness (QED) is 0.563. The Morgan fingerprint density at radius 1 is 1.30 bits per heavy atom. The van der Waals surface area contributed by atoms with Crippen LogP contribution in [0.15, 0.2) is 41.5 Å². The summed E-state index contributed by atoms with van der Waals surface area (Å²) < 4.78 is 0. The molecule has 1 unspecified atom stereocenters. The van der Waals surface area contributed by atoms with Gasteiger partial charge in [-0.25, -0.2) is 15.8 Å². The van der Waals surface area contributed by atoms with Gasteiger partial charge in [-0.15, -0.1) is 0 Å². The Hall–Kier alpha value is -2.18. The molecule has 0 aromatic heterocycles. The van der Waals surface area contributed by atoms with Gasteiger partial charge in [0.1, 0.15) is 0 Å². The lowest BCUT2D eigenvalue weighted by molar-refractivity contribution is -0.139. The Balaban J connectivity index is 1.93. The molecule has 3 rings (SSSR count). The molecule has 162 valence electrons. The first-order valence-corrected chi connectivity index (χ1v) is 11.2. The molecule has 1 aromatic rings. The number of nitrogens with two attached hydrogens (primary N) is 1. The van der Waals surface area contributed by atoms with Crippen LogP contribution in [0.4, 0.5) is 0 Å². The first kappa shape index (κ1) is 22.5. The molecule has 1 saturated carbocycles. The number of aliphatic imine (C=N–C) groups is 1. The highest BCUT2D eigenvalue weighted by Crippen LogP contribution is 2.30. The average Bonchev–Trinajstić information content (AvgIpc) is 2.69. The monoisotopic (exact) mass is 430 g/mol. The zero-order valence-electron chi connectivity index (χ0n) is 17.6. The average molecular weight is 431 g/mol. The minimum atomic E-state index is -0.282. The van der Waals surface area contributed by atoms with Crippen molar-refractivity contribution < 1.29 is 9.59 Å². The molecule has 30 heavy (non-hydrogen) atoms. The first-order valence-electron chi connectivity index (χ1n) is 10.8. The molecule has 7 heteroatoms. The third-order valence-electron chi connectivity index (χ3n) is 6.03. The number of benzene rings is 1. The van der Waals surface area contributed by atoms with E-state index < -0.39 is 0 Å². The highest BCUT2D eigenvalue weighted by atomic mass is 35.5. The molecule has 2 amide bonds. The second-order valence-electron chi connectivity index (χ2n) is 8.20. The number of hydrogen-bond donors (Lipinski definition) is 1. The van der Waals surface area contributed by atoms with Crippen LogP contribution in [0.5, 0.6) is 0 Å². The van der Waals surface area contributed by atoms with E-state index in [2.05, 4.69) is 13.5 Å². The van der Waals surface area contributed by atoms with E-state index in [9.17, 15) is 9.59 Å². The Labute approximate surface area is 183 Å². The number of halogens is 1. The fraction of sp³-hybridized carbons (Fsp3) is 0.522. The van der Waals surface area contributed by atoms with Gasteiger partial charge in [0.2, 0.25) is 11.8 Å². The van der Waals surface area contributed by atoms with Crippen LogP contribution in [0.3, 0.4) is 0 Å². The van der Waals surface area contributed by atoms with Gasteiger partial charge in [0.25, 0.3) is 0 Å². The van der Waals surface area contributed by atoms with Crippen molar-refractivity contribution in [3.63, 3.8) is 0 Å². The van der Waals surface area contributed by atoms with E-state index in [4.69, 9.17) is 22.4 Å². The summed E-state index contributed by atoms with van der Waals surface area (Å²) in [6, 6.07) is 7.07. The summed E-state index contributed by atoms with van der Waals surface area (Å²) in [6.45, 7) is 7.26. The number of amides is 2. The molecule has 2 N–H and O–H groups in total. The smallest absolute Gasteiger partial charge is 0.244 e. The van der Waals surface area contributed by atoms with E-state index in [1.165, 1.54) is 0 Å². The second-order valence-corrected chi connectivity index (χ2v) is 8.64. The molecule has 1 aliphatic heterocycles. The van der Waals surface area contributed by atoms with Crippen LogP contribution in [0, 0.1) is 11.8 Å². The SMILES string of the molecule is C=C1/N=C(/c2ccc(Cl)cc2)N(N)C(=O)CCN(C(=O)C2CCC2)CC1CCCC. The third kappa shape index (κ3) is 5.29. The predicted octanol–water partition coefficient (Wildman–Crippen LogP) is 4.14. The van der Waals surface area contributed by atoms with Gasteiger partial charge in [-0.05, 0) is 43.5 Å². The van der Waals surface area contributed by atoms with Gasteiger partial charge < -0.3 is 4.90 Å². The van der Waals surface area contributed by atoms with E-state index >= 15 is 0 Å². The summed E-state index contributed by atoms with van der Waals surface area (Å²) in [6.07, 6.45) is 6.09. The molecule has 0 radical (unpaired) electrons. The maximum atomic E-state index is 13.0. The summed E-state index contributed by atoms with van der Waals surface area (Å²) in [7, 11) is 0. The maximum Gasteiger partial charge on any atom is 0.244 e. The van der Waals surface area contributed by atoms with Crippen LogP contribution < -0.4 is 5.84 Å². The molecule has 0 spiro atoms. The van der Waals surface area contributed by atoms with E-state index in [0.717, 1.165) is 43.5 Å². The van der Waals surface area contributed by atoms with E-state index in [1.807, 2.05) is 4.90 Å². The number of carbonyl (C=O) groups excluding carboxylic acids is 2. The Morgan fingerprint density at radius 2 is 2.00 bits per heavy atom. The lowest BCUT2D eigenvalue weighted by Gasteiger charge is -2.35. The van der Waals surface area contributed by atoms with Crippen molar-refractivity contribution in [3.8, 4) is 0 Å². The Bertz CT molecular complexity index is 817. The molecule has 0 bridgehead atoms. The summed E-state index contributed by atoms with van der Waals surface area (Å²) >= 11 is 6.01. The normalized spacial score (nSPS) is 23.0. The summed E-state index contributed by atoms with van der Waals surface area (Å²) in [4.78, 5) is 32.3. The van der Waals surface area contributed by atoms with Crippen molar-refractivity contribution in [1.82, 2.24) is 9.91 Å². The van der Waals surface area contributed by atoms with Gasteiger partial charge in [-0.2, -0.15) is 0 Å². The molecule has 1 heterocycles. The van der Waals surface area contributed by atoms with Gasteiger partial charge in [-0.3, -0.25) is 9.59 Å². The van der Waals surface area contributed by atoms with Crippen LogP contribution in [-0.2, 0) is 9.59 Å². The van der Waals surface area contributed by atoms with Crippen LogP contribution >= 0.6 is 11.6 Å². The standard InChI is InChI=1S/C23H31ClN4O2/c1-3-4-6-19-15-27(23(30)18-7-5-8-18)14-13-21(29)28(25)22(26-16(19)2)17-9-11-20(24)12-10-17/h9-12,18-19H,2-8,13-15,25H2,1H3/b26-22-. The topological polar surface area (TPSA) is 79.0 Å². The number of hydrazine groups is 1. The van der Waals surface area contributed by atoms with E-state index in [1.54, 1.807) is 24.3 Å². The second kappa shape index (κ2) is 10.2. The Kier molecular flexibility index (Phi) is 7.67. The molecular formula is C23H31ClN4O2. The van der Waals surface area contributed by atoms with Gasteiger partial charge in [0.15, 0.2) is 5.84 Å². The van der Waals surface area contributed by atoms with Crippen molar-refractivity contribution in [3.05, 3.63) is 47.1 Å². The third-order valence-corrected chi connectivity index (χ3v) is 6.28. The molecule has 6 nitrogen and oxygen atoms in total. The van der Waals surface area contributed by atoms with Crippen molar-refractivity contribution in [2.75, 3.05) is 13.1 Å². The highest BCUT2D eigenvalue weighted by Gasteiger charge is 2.32. The van der Waals surface area contributed by atoms with Crippen LogP contribution in [0.2, 0.25) is 5.02 Å². The van der Waals surface area contributed by atoms with Crippen molar-refractivity contribution >= 4 is 29.3 Å². The lowest BCUT2D eigenvalue weighted by Crippen LogP contribution is -2.48. The fourth-order valence-electron chi connectivity index (χ4n) is 3.84. The summed E-state index contributed by atoms with van der Waals surface area (Å²) in [5.74, 6) is 6.53. The van der Waals surface area contributed by atoms with E-state index in [-0.39, 0.29) is 30.1 Å². The molecule has 1 fully saturated rings. The van der Waals surface area contributed by atoms with E-state index in [0.29, 0.717) is 35.2 Å². The molecule has 0 saturated heterocycles. The van der Waals surface area contributed by atoms with Crippen LogP contribution in [0.1, 0.15) is 57.4 Å². The Morgan fingerprint density at radius 3 is 2.60 bits per heavy atom. The van der Waals surface area contributed by atoms with Crippen molar-refractivity contribution in [2.45, 2.75) is 51.9 Å². The first-order chi connectivity index (χ1) is 14.4. The minimum Gasteiger partial charge on any atom is -0.341 e. The molecule has 1 aliphatic carbocycles. The number of hydrogen-bond acceptors (Lipinski definition) is 4. The molecular weight excluding hydrogens is 400 g/mol. The van der Waals surface area contributed by atoms with Crippen molar-refractivity contribution in [1.29, 1.82) is 0 Å². The zero-order chi connectivity index (χ0) is 21.7. The maximum absolute atomic E-state index is 13.0. The summed E-state index contributed by atoms with van der Waals surface area (Å²) in [5.41, 5.74) is 1.35. The largest absolute Gasteiger partial charge is 0.341 e. The molecule has 1 atom stereocenters. The van der Waals surface area contributed by atoms with Gasteiger partial charge >= 0.3 is 0 Å².